The van der Waals surface area contributed by atoms with E-state index in [1.54, 1.807) is 4.90 Å². The number of carboxylic acid groups (broad SMARTS) is 1. The molecule has 1 saturated carbocycles. The molecule has 0 atom stereocenters. The minimum Gasteiger partial charge on any atom is -0.490 e. The quantitative estimate of drug-likeness (QED) is 0.0861. The molecule has 0 spiro atoms. The van der Waals surface area contributed by atoms with Crippen LogP contribution in [0.2, 0.25) is 0 Å². The zero-order valence-corrected chi connectivity index (χ0v) is 34.2. The van der Waals surface area contributed by atoms with E-state index in [1.165, 1.54) is 30.7 Å². The molecule has 306 valence electrons. The van der Waals surface area contributed by atoms with E-state index in [0.29, 0.717) is 35.3 Å². The number of aromatic carboxylic acids is 1. The summed E-state index contributed by atoms with van der Waals surface area (Å²) in [5, 5.41) is 12.7. The largest absolute Gasteiger partial charge is 0.490 e. The van der Waals surface area contributed by atoms with Gasteiger partial charge in [0.05, 0.1) is 29.7 Å². The van der Waals surface area contributed by atoms with Crippen molar-refractivity contribution in [3.8, 4) is 5.75 Å². The van der Waals surface area contributed by atoms with Crippen molar-refractivity contribution >= 4 is 65.3 Å². The highest BCUT2D eigenvalue weighted by molar-refractivity contribution is 6.06. The average molecular weight is 829 g/mol. The first-order valence-electron chi connectivity index (χ1n) is 19.5. The first-order valence-corrected chi connectivity index (χ1v) is 19.5. The number of hydrogen-bond donors (Lipinski definition) is 3. The number of ether oxygens (including phenoxy) is 1. The van der Waals surface area contributed by atoms with Crippen molar-refractivity contribution in [2.24, 2.45) is 10.7 Å². The molecule has 0 bridgehead atoms. The number of guanidine groups is 1. The first-order chi connectivity index (χ1) is 27.2. The maximum Gasteiger partial charge on any atom is 0.335 e. The number of nitrogens with one attached hydrogen (secondary N) is 1. The van der Waals surface area contributed by atoms with Gasteiger partial charge in [-0.15, -0.1) is 24.8 Å². The highest BCUT2D eigenvalue weighted by Crippen LogP contribution is 2.28. The Balaban J connectivity index is 0.00000320. The van der Waals surface area contributed by atoms with Crippen LogP contribution in [0.15, 0.2) is 102 Å². The molecular formula is C44H51Cl2N7O5. The summed E-state index contributed by atoms with van der Waals surface area (Å²) in [7, 11) is 0. The Hall–Kier alpha value is -5.59. The number of rotatable bonds is 12. The van der Waals surface area contributed by atoms with E-state index in [1.807, 2.05) is 84.3 Å². The lowest BCUT2D eigenvalue weighted by atomic mass is 9.95. The van der Waals surface area contributed by atoms with Crippen molar-refractivity contribution < 1.29 is 24.2 Å². The number of aliphatic imine (C=N–C) groups is 1. The number of piperidine rings is 1. The molecule has 2 heterocycles. The highest BCUT2D eigenvalue weighted by Gasteiger charge is 2.26. The second-order valence-electron chi connectivity index (χ2n) is 14.7. The molecule has 4 aromatic carbocycles. The Morgan fingerprint density at radius 2 is 1.55 bits per heavy atom. The summed E-state index contributed by atoms with van der Waals surface area (Å²) in [5.74, 6) is 0.271. The molecule has 12 nitrogen and oxygen atoms in total. The van der Waals surface area contributed by atoms with Crippen LogP contribution in [0, 0.1) is 6.92 Å². The topological polar surface area (TPSA) is 155 Å². The fourth-order valence-corrected chi connectivity index (χ4v) is 7.54. The van der Waals surface area contributed by atoms with Gasteiger partial charge in [0, 0.05) is 43.2 Å². The van der Waals surface area contributed by atoms with E-state index in [-0.39, 0.29) is 67.4 Å². The van der Waals surface area contributed by atoms with Crippen LogP contribution >= 0.6 is 24.8 Å². The third-order valence-electron chi connectivity index (χ3n) is 10.7. The van der Waals surface area contributed by atoms with Gasteiger partial charge in [-0.25, -0.2) is 14.8 Å². The summed E-state index contributed by atoms with van der Waals surface area (Å²) in [6.45, 7) is 4.13. The summed E-state index contributed by atoms with van der Waals surface area (Å²) < 4.78 is 8.29. The van der Waals surface area contributed by atoms with Gasteiger partial charge in [-0.05, 0) is 91.6 Å². The van der Waals surface area contributed by atoms with Gasteiger partial charge in [0.15, 0.2) is 5.96 Å². The molecule has 2 amide bonds. The molecule has 14 heteroatoms. The van der Waals surface area contributed by atoms with Crippen molar-refractivity contribution in [1.82, 2.24) is 19.8 Å². The lowest BCUT2D eigenvalue weighted by Crippen LogP contribution is -2.45. The van der Waals surface area contributed by atoms with Crippen LogP contribution < -0.4 is 20.7 Å². The summed E-state index contributed by atoms with van der Waals surface area (Å²) >= 11 is 0. The maximum absolute atomic E-state index is 14.3. The number of halogens is 2. The number of carboxylic acids is 1. The number of likely N-dealkylation sites (tertiary alicyclic amines) is 1. The molecule has 58 heavy (non-hydrogen) atoms. The molecule has 0 radical (unpaired) electrons. The van der Waals surface area contributed by atoms with Crippen molar-refractivity contribution in [2.75, 3.05) is 18.0 Å². The van der Waals surface area contributed by atoms with Gasteiger partial charge in [-0.2, -0.15) is 0 Å². The predicted molar refractivity (Wildman–Crippen MR) is 231 cm³/mol. The third-order valence-corrected chi connectivity index (χ3v) is 10.7. The van der Waals surface area contributed by atoms with Crippen LogP contribution in [0.25, 0.3) is 11.0 Å². The van der Waals surface area contributed by atoms with E-state index in [2.05, 4.69) is 15.2 Å². The first kappa shape index (κ1) is 43.5. The SMILES string of the molecule is Cc1ccc2c(c1)nc(CN(C(=O)c1ccc(C(=O)O)cc1)c1ccc(OC3CCN(C(N)=NCc4ccccc4)CC3)cc1)n2CC(=O)NC1CCCCC1.Cl.Cl. The Morgan fingerprint density at radius 3 is 2.22 bits per heavy atom. The number of hydrogen-bond acceptors (Lipinski definition) is 6. The Kier molecular flexibility index (Phi) is 15.2. The summed E-state index contributed by atoms with van der Waals surface area (Å²) in [4.78, 5) is 52.6. The molecule has 4 N–H and O–H groups in total. The molecule has 7 rings (SSSR count). The Bertz CT molecular complexity index is 2180. The molecule has 1 saturated heterocycles. The number of carbonyl (C=O) groups is 3. The van der Waals surface area contributed by atoms with Crippen LogP contribution in [0.1, 0.15) is 82.6 Å². The van der Waals surface area contributed by atoms with Gasteiger partial charge in [-0.1, -0.05) is 55.7 Å². The minimum atomic E-state index is -1.07. The molecule has 1 aromatic heterocycles. The average Bonchev–Trinajstić information content (AvgIpc) is 3.55. The van der Waals surface area contributed by atoms with Crippen molar-refractivity contribution in [1.29, 1.82) is 0 Å². The van der Waals surface area contributed by atoms with E-state index in [0.717, 1.165) is 73.8 Å². The van der Waals surface area contributed by atoms with Crippen LogP contribution in [0.5, 0.6) is 5.75 Å². The minimum absolute atomic E-state index is 0. The zero-order valence-electron chi connectivity index (χ0n) is 32.6. The number of benzene rings is 4. The number of aromatic nitrogens is 2. The maximum atomic E-state index is 14.3. The number of fused-ring (bicyclic) bond motifs is 1. The monoisotopic (exact) mass is 827 g/mol. The van der Waals surface area contributed by atoms with Gasteiger partial charge in [-0.3, -0.25) is 9.59 Å². The van der Waals surface area contributed by atoms with Crippen LogP contribution in [-0.2, 0) is 24.4 Å². The van der Waals surface area contributed by atoms with Crippen molar-refractivity contribution in [3.05, 3.63) is 125 Å². The standard InChI is InChI=1S/C44H49N7O5.2ClH/c1-30-12-21-39-38(26-30)48-40(51(39)29-41(52)47-34-10-6-3-7-11-34)28-50(42(53)32-13-15-33(16-14-32)43(54)55)35-17-19-36(20-18-35)56-37-22-24-49(25-23-37)44(45)46-27-31-8-4-2-5-9-31;;/h2,4-5,8-9,12-21,26,34,37H,3,6-7,10-11,22-25,27-29H2,1H3,(H2,45,46)(H,47,52)(H,54,55);2*1H. The predicted octanol–water partition coefficient (Wildman–Crippen LogP) is 7.54. The summed E-state index contributed by atoms with van der Waals surface area (Å²) in [6, 6.07) is 29.4. The molecule has 1 aliphatic heterocycles. The van der Waals surface area contributed by atoms with Gasteiger partial charge in [0.25, 0.3) is 5.91 Å². The fourth-order valence-electron chi connectivity index (χ4n) is 7.54. The number of nitrogens with zero attached hydrogens (tertiary/aromatic N) is 5. The van der Waals surface area contributed by atoms with E-state index >= 15 is 0 Å². The number of aryl methyl sites for hydroxylation is 1. The van der Waals surface area contributed by atoms with Gasteiger partial charge in [0.2, 0.25) is 5.91 Å². The van der Waals surface area contributed by atoms with Crippen molar-refractivity contribution in [3.63, 3.8) is 0 Å². The summed E-state index contributed by atoms with van der Waals surface area (Å²) in [6.07, 6.45) is 6.92. The second-order valence-corrected chi connectivity index (χ2v) is 14.7. The number of amides is 2. The summed E-state index contributed by atoms with van der Waals surface area (Å²) in [5.41, 5.74) is 11.0. The van der Waals surface area contributed by atoms with Crippen LogP contribution in [-0.4, -0.2) is 68.5 Å². The number of imidazole rings is 1. The van der Waals surface area contributed by atoms with Crippen LogP contribution in [0.3, 0.4) is 0 Å². The van der Waals surface area contributed by atoms with E-state index in [9.17, 15) is 19.5 Å². The molecule has 5 aromatic rings. The second kappa shape index (κ2) is 20.2. The Morgan fingerprint density at radius 1 is 0.879 bits per heavy atom. The third kappa shape index (κ3) is 10.9. The van der Waals surface area contributed by atoms with Gasteiger partial charge in [0.1, 0.15) is 24.2 Å². The fraction of sp³-hybridized carbons (Fsp3) is 0.341. The highest BCUT2D eigenvalue weighted by atomic mass is 35.5. The zero-order chi connectivity index (χ0) is 39.0. The lowest BCUT2D eigenvalue weighted by molar-refractivity contribution is -0.122. The normalized spacial score (nSPS) is 14.9. The van der Waals surface area contributed by atoms with Crippen molar-refractivity contribution in [2.45, 2.75) is 83.6 Å². The Labute approximate surface area is 351 Å². The number of anilines is 1. The molecule has 2 aliphatic rings. The van der Waals surface area contributed by atoms with Crippen LogP contribution in [0.4, 0.5) is 5.69 Å². The molecule has 1 aliphatic carbocycles. The smallest absolute Gasteiger partial charge is 0.335 e. The van der Waals surface area contributed by atoms with E-state index in [4.69, 9.17) is 15.5 Å². The lowest BCUT2D eigenvalue weighted by Gasteiger charge is -2.33. The number of nitrogens with two attached hydrogens (primary N) is 1. The van der Waals surface area contributed by atoms with Gasteiger partial charge >= 0.3 is 5.97 Å². The molecular weight excluding hydrogens is 777 g/mol. The van der Waals surface area contributed by atoms with Gasteiger partial charge < -0.3 is 35.3 Å². The number of carbonyl (C=O) groups excluding carboxylic acids is 2. The molecule has 0 unspecified atom stereocenters. The molecule has 2 fully saturated rings. The van der Waals surface area contributed by atoms with E-state index < -0.39 is 5.97 Å².